The molecule has 0 unspecified atom stereocenters. The summed E-state index contributed by atoms with van der Waals surface area (Å²) in [6, 6.07) is 3.17. The Morgan fingerprint density at radius 3 is 2.85 bits per heavy atom. The zero-order valence-corrected chi connectivity index (χ0v) is 11.5. The number of hydrogen-bond donors (Lipinski definition) is 2. The van der Waals surface area contributed by atoms with Crippen molar-refractivity contribution in [2.75, 3.05) is 19.7 Å². The number of carbonyl (C=O) groups is 1. The first kappa shape index (κ1) is 14.3. The van der Waals surface area contributed by atoms with E-state index >= 15 is 0 Å². The van der Waals surface area contributed by atoms with Gasteiger partial charge >= 0.3 is 0 Å². The van der Waals surface area contributed by atoms with Crippen LogP contribution in [0.1, 0.15) is 29.9 Å². The fraction of sp³-hybridized carbons (Fsp3) is 0.462. The van der Waals surface area contributed by atoms with Crippen LogP contribution in [-0.4, -0.2) is 52.1 Å². The fourth-order valence-corrected chi connectivity index (χ4v) is 2.08. The number of ether oxygens (including phenoxy) is 1. The molecule has 1 aromatic heterocycles. The molecule has 20 heavy (non-hydrogen) atoms. The van der Waals surface area contributed by atoms with E-state index in [2.05, 4.69) is 10.1 Å². The van der Waals surface area contributed by atoms with Crippen LogP contribution < -0.4 is 5.73 Å². The lowest BCUT2D eigenvalue weighted by molar-refractivity contribution is -0.0765. The maximum Gasteiger partial charge on any atom is 0.272 e. The molecular weight excluding hydrogens is 260 g/mol. The van der Waals surface area contributed by atoms with Gasteiger partial charge in [-0.15, -0.1) is 0 Å². The molecule has 1 fully saturated rings. The maximum atomic E-state index is 12.3. The molecule has 3 N–H and O–H groups in total. The highest BCUT2D eigenvalue weighted by molar-refractivity contribution is 5.98. The SMILES string of the molecule is CC1(C)CN(C(=O)c2ccc(C(N)=NO)cn2)CCO1. The van der Waals surface area contributed by atoms with Gasteiger partial charge in [0.05, 0.1) is 12.2 Å². The van der Waals surface area contributed by atoms with Crippen LogP contribution in [0.2, 0.25) is 0 Å². The quantitative estimate of drug-likeness (QED) is 0.353. The van der Waals surface area contributed by atoms with Crippen LogP contribution in [0.5, 0.6) is 0 Å². The normalized spacial score (nSPS) is 18.9. The van der Waals surface area contributed by atoms with Crippen molar-refractivity contribution in [2.24, 2.45) is 10.9 Å². The van der Waals surface area contributed by atoms with E-state index in [9.17, 15) is 4.79 Å². The highest BCUT2D eigenvalue weighted by Gasteiger charge is 2.30. The third kappa shape index (κ3) is 3.05. The monoisotopic (exact) mass is 278 g/mol. The lowest BCUT2D eigenvalue weighted by Crippen LogP contribution is -2.50. The van der Waals surface area contributed by atoms with Gasteiger partial charge < -0.3 is 20.6 Å². The third-order valence-electron chi connectivity index (χ3n) is 3.10. The Hall–Kier alpha value is -2.15. The van der Waals surface area contributed by atoms with Gasteiger partial charge in [0.25, 0.3) is 5.91 Å². The third-order valence-corrected chi connectivity index (χ3v) is 3.10. The number of aromatic nitrogens is 1. The average molecular weight is 278 g/mol. The number of amides is 1. The molecule has 1 saturated heterocycles. The van der Waals surface area contributed by atoms with E-state index in [1.54, 1.807) is 17.0 Å². The second kappa shape index (κ2) is 5.46. The summed E-state index contributed by atoms with van der Waals surface area (Å²) in [7, 11) is 0. The topological polar surface area (TPSA) is 101 Å². The summed E-state index contributed by atoms with van der Waals surface area (Å²) < 4.78 is 5.57. The van der Waals surface area contributed by atoms with Gasteiger partial charge in [-0.05, 0) is 26.0 Å². The van der Waals surface area contributed by atoms with Crippen LogP contribution in [0.4, 0.5) is 0 Å². The smallest absolute Gasteiger partial charge is 0.272 e. The van der Waals surface area contributed by atoms with E-state index in [-0.39, 0.29) is 17.3 Å². The van der Waals surface area contributed by atoms with Crippen LogP contribution >= 0.6 is 0 Å². The molecular formula is C13H18N4O3. The average Bonchev–Trinajstić information content (AvgIpc) is 2.45. The molecule has 0 spiro atoms. The van der Waals surface area contributed by atoms with Gasteiger partial charge in [0.15, 0.2) is 5.84 Å². The fourth-order valence-electron chi connectivity index (χ4n) is 2.08. The van der Waals surface area contributed by atoms with Crippen molar-refractivity contribution >= 4 is 11.7 Å². The molecule has 0 atom stereocenters. The van der Waals surface area contributed by atoms with Crippen molar-refractivity contribution in [3.8, 4) is 0 Å². The Balaban J connectivity index is 2.13. The molecule has 1 aliphatic heterocycles. The van der Waals surface area contributed by atoms with Gasteiger partial charge in [-0.3, -0.25) is 9.78 Å². The zero-order chi connectivity index (χ0) is 14.8. The number of nitrogens with zero attached hydrogens (tertiary/aromatic N) is 3. The van der Waals surface area contributed by atoms with Crippen molar-refractivity contribution in [3.05, 3.63) is 29.6 Å². The minimum Gasteiger partial charge on any atom is -0.409 e. The first-order valence-electron chi connectivity index (χ1n) is 6.30. The van der Waals surface area contributed by atoms with Crippen molar-refractivity contribution in [3.63, 3.8) is 0 Å². The number of amidine groups is 1. The zero-order valence-electron chi connectivity index (χ0n) is 11.5. The second-order valence-electron chi connectivity index (χ2n) is 5.25. The highest BCUT2D eigenvalue weighted by Crippen LogP contribution is 2.18. The minimum absolute atomic E-state index is 0.0380. The van der Waals surface area contributed by atoms with Crippen LogP contribution in [0.25, 0.3) is 0 Å². The van der Waals surface area contributed by atoms with Crippen molar-refractivity contribution < 1.29 is 14.7 Å². The van der Waals surface area contributed by atoms with Crippen LogP contribution in [0.15, 0.2) is 23.5 Å². The number of rotatable bonds is 2. The first-order valence-corrected chi connectivity index (χ1v) is 6.30. The number of hydrogen-bond acceptors (Lipinski definition) is 5. The molecule has 0 bridgehead atoms. The minimum atomic E-state index is -0.345. The molecule has 0 aromatic carbocycles. The number of carbonyl (C=O) groups excluding carboxylic acids is 1. The van der Waals surface area contributed by atoms with Gasteiger partial charge in [-0.1, -0.05) is 5.16 Å². The number of oxime groups is 1. The van der Waals surface area contributed by atoms with Gasteiger partial charge in [0.2, 0.25) is 0 Å². The molecule has 0 saturated carbocycles. The Morgan fingerprint density at radius 2 is 2.30 bits per heavy atom. The molecule has 0 aliphatic carbocycles. The van der Waals surface area contributed by atoms with Crippen LogP contribution in [0.3, 0.4) is 0 Å². The lowest BCUT2D eigenvalue weighted by Gasteiger charge is -2.37. The van der Waals surface area contributed by atoms with E-state index < -0.39 is 0 Å². The van der Waals surface area contributed by atoms with Crippen LogP contribution in [0, 0.1) is 0 Å². The summed E-state index contributed by atoms with van der Waals surface area (Å²) >= 11 is 0. The van der Waals surface area contributed by atoms with E-state index in [0.717, 1.165) is 0 Å². The summed E-state index contributed by atoms with van der Waals surface area (Å²) in [5.74, 6) is -0.184. The predicted octanol–water partition coefficient (Wildman–Crippen LogP) is 0.427. The molecule has 2 heterocycles. The van der Waals surface area contributed by atoms with Crippen molar-refractivity contribution in [2.45, 2.75) is 19.4 Å². The van der Waals surface area contributed by atoms with Crippen LogP contribution in [-0.2, 0) is 4.74 Å². The van der Waals surface area contributed by atoms with Gasteiger partial charge in [-0.25, -0.2) is 0 Å². The molecule has 2 rings (SSSR count). The molecule has 1 aromatic rings. The summed E-state index contributed by atoms with van der Waals surface area (Å²) in [5.41, 5.74) is 5.90. The predicted molar refractivity (Wildman–Crippen MR) is 72.7 cm³/mol. The lowest BCUT2D eigenvalue weighted by atomic mass is 10.1. The summed E-state index contributed by atoms with van der Waals surface area (Å²) in [6.45, 7) is 5.48. The molecule has 1 amide bonds. The Morgan fingerprint density at radius 1 is 1.55 bits per heavy atom. The van der Waals surface area contributed by atoms with Gasteiger partial charge in [-0.2, -0.15) is 0 Å². The first-order chi connectivity index (χ1) is 9.43. The summed E-state index contributed by atoms with van der Waals surface area (Å²) in [6.07, 6.45) is 1.41. The van der Waals surface area contributed by atoms with Crippen molar-refractivity contribution in [1.82, 2.24) is 9.88 Å². The Kier molecular flexibility index (Phi) is 3.89. The maximum absolute atomic E-state index is 12.3. The molecule has 7 heteroatoms. The number of nitrogens with two attached hydrogens (primary N) is 1. The van der Waals surface area contributed by atoms with Gasteiger partial charge in [0.1, 0.15) is 5.69 Å². The molecule has 0 radical (unpaired) electrons. The molecule has 7 nitrogen and oxygen atoms in total. The summed E-state index contributed by atoms with van der Waals surface area (Å²) in [4.78, 5) is 18.1. The van der Waals surface area contributed by atoms with Crippen molar-refractivity contribution in [1.29, 1.82) is 0 Å². The van der Waals surface area contributed by atoms with E-state index in [0.29, 0.717) is 31.0 Å². The molecule has 108 valence electrons. The Labute approximate surface area is 117 Å². The number of pyridine rings is 1. The van der Waals surface area contributed by atoms with E-state index in [1.165, 1.54) is 6.20 Å². The number of morpholine rings is 1. The van der Waals surface area contributed by atoms with E-state index in [4.69, 9.17) is 15.7 Å². The largest absolute Gasteiger partial charge is 0.409 e. The standard InChI is InChI=1S/C13H18N4O3/c1-13(2)8-17(5-6-20-13)12(18)10-4-3-9(7-15-10)11(14)16-19/h3-4,7,19H,5-6,8H2,1-2H3,(H2,14,16). The molecule has 1 aliphatic rings. The van der Waals surface area contributed by atoms with E-state index in [1.807, 2.05) is 13.8 Å². The Bertz CT molecular complexity index is 525. The second-order valence-corrected chi connectivity index (χ2v) is 5.25. The van der Waals surface area contributed by atoms with Gasteiger partial charge in [0, 0.05) is 24.8 Å². The summed E-state index contributed by atoms with van der Waals surface area (Å²) in [5, 5.41) is 11.5. The highest BCUT2D eigenvalue weighted by atomic mass is 16.5.